The first-order valence-corrected chi connectivity index (χ1v) is 7.74. The Morgan fingerprint density at radius 3 is 2.77 bits per heavy atom. The smallest absolute Gasteiger partial charge is 0.214 e. The Morgan fingerprint density at radius 2 is 1.95 bits per heavy atom. The molecule has 3 aromatic heterocycles. The highest BCUT2D eigenvalue weighted by Crippen LogP contribution is 2.25. The number of nitrogens with one attached hydrogen (secondary N) is 1. The molecule has 0 radical (unpaired) electrons. The van der Waals surface area contributed by atoms with E-state index in [2.05, 4.69) is 32.5 Å². The van der Waals surface area contributed by atoms with E-state index in [1.807, 2.05) is 47.2 Å². The molecule has 0 bridgehead atoms. The first kappa shape index (κ1) is 13.0. The van der Waals surface area contributed by atoms with Gasteiger partial charge in [0.1, 0.15) is 0 Å². The predicted molar refractivity (Wildman–Crippen MR) is 87.9 cm³/mol. The van der Waals surface area contributed by atoms with Crippen molar-refractivity contribution >= 4 is 21.4 Å². The van der Waals surface area contributed by atoms with Crippen LogP contribution in [0.2, 0.25) is 0 Å². The maximum absolute atomic E-state index is 4.60. The molecule has 1 N–H and O–H groups in total. The molecule has 0 saturated heterocycles. The van der Waals surface area contributed by atoms with Gasteiger partial charge < -0.3 is 5.32 Å². The Bertz CT molecular complexity index is 883. The average molecular weight is 307 g/mol. The molecule has 6 heteroatoms. The summed E-state index contributed by atoms with van der Waals surface area (Å²) in [6.45, 7) is 0.750. The van der Waals surface area contributed by atoms with Crippen LogP contribution in [0.5, 0.6) is 0 Å². The molecule has 3 heterocycles. The van der Waals surface area contributed by atoms with E-state index in [1.54, 1.807) is 17.5 Å². The third-order valence-electron chi connectivity index (χ3n) is 3.33. The molecular formula is C16H13N5S. The monoisotopic (exact) mass is 307 g/mol. The Labute approximate surface area is 131 Å². The second kappa shape index (κ2) is 5.57. The van der Waals surface area contributed by atoms with Crippen LogP contribution in [-0.2, 0) is 6.54 Å². The molecule has 0 amide bonds. The molecule has 4 rings (SSSR count). The van der Waals surface area contributed by atoms with Crippen molar-refractivity contribution in [1.82, 2.24) is 19.6 Å². The van der Waals surface area contributed by atoms with Gasteiger partial charge in [0.15, 0.2) is 0 Å². The number of nitrogens with zero attached hydrogens (tertiary/aromatic N) is 4. The molecule has 0 aliphatic carbocycles. The Morgan fingerprint density at radius 1 is 1.05 bits per heavy atom. The molecule has 0 atom stereocenters. The van der Waals surface area contributed by atoms with Gasteiger partial charge in [-0.25, -0.2) is 9.50 Å². The summed E-state index contributed by atoms with van der Waals surface area (Å²) in [5.74, 6) is 0. The lowest BCUT2D eigenvalue weighted by atomic mass is 10.2. The summed E-state index contributed by atoms with van der Waals surface area (Å²) in [6.07, 6.45) is 5.41. The van der Waals surface area contributed by atoms with Crippen molar-refractivity contribution in [2.24, 2.45) is 0 Å². The van der Waals surface area contributed by atoms with Gasteiger partial charge in [0.2, 0.25) is 10.1 Å². The highest BCUT2D eigenvalue weighted by atomic mass is 32.1. The van der Waals surface area contributed by atoms with Gasteiger partial charge in [-0.3, -0.25) is 4.98 Å². The van der Waals surface area contributed by atoms with E-state index < -0.39 is 0 Å². The highest BCUT2D eigenvalue weighted by molar-refractivity contribution is 7.20. The summed E-state index contributed by atoms with van der Waals surface area (Å²) in [7, 11) is 0. The molecule has 1 aromatic carbocycles. The number of anilines is 1. The van der Waals surface area contributed by atoms with E-state index in [9.17, 15) is 0 Å². The Kier molecular flexibility index (Phi) is 3.29. The summed E-state index contributed by atoms with van der Waals surface area (Å²) in [5, 5.41) is 8.80. The topological polar surface area (TPSA) is 55.1 Å². The lowest BCUT2D eigenvalue weighted by Crippen LogP contribution is -1.99. The van der Waals surface area contributed by atoms with Crippen LogP contribution < -0.4 is 5.32 Å². The highest BCUT2D eigenvalue weighted by Gasteiger charge is 2.11. The van der Waals surface area contributed by atoms with Crippen molar-refractivity contribution < 1.29 is 0 Å². The van der Waals surface area contributed by atoms with Gasteiger partial charge in [-0.15, -0.1) is 5.10 Å². The number of imidazole rings is 1. The molecule has 0 saturated carbocycles. The van der Waals surface area contributed by atoms with Crippen LogP contribution in [0.25, 0.3) is 16.2 Å². The molecule has 4 aromatic rings. The van der Waals surface area contributed by atoms with Gasteiger partial charge in [0, 0.05) is 24.5 Å². The molecule has 0 aliphatic heterocycles. The van der Waals surface area contributed by atoms with Crippen LogP contribution in [0.4, 0.5) is 5.13 Å². The van der Waals surface area contributed by atoms with Crippen molar-refractivity contribution in [3.8, 4) is 11.3 Å². The third-order valence-corrected chi connectivity index (χ3v) is 4.21. The quantitative estimate of drug-likeness (QED) is 0.627. The molecule has 0 unspecified atom stereocenters. The summed E-state index contributed by atoms with van der Waals surface area (Å²) >= 11 is 1.54. The summed E-state index contributed by atoms with van der Waals surface area (Å²) < 4.78 is 1.86. The lowest BCUT2D eigenvalue weighted by molar-refractivity contribution is 0.967. The van der Waals surface area contributed by atoms with Crippen molar-refractivity contribution in [2.75, 3.05) is 5.32 Å². The zero-order valence-corrected chi connectivity index (χ0v) is 12.5. The minimum Gasteiger partial charge on any atom is -0.356 e. The zero-order valence-electron chi connectivity index (χ0n) is 11.7. The molecule has 0 spiro atoms. The fourth-order valence-electron chi connectivity index (χ4n) is 2.25. The van der Waals surface area contributed by atoms with E-state index in [-0.39, 0.29) is 0 Å². The van der Waals surface area contributed by atoms with Crippen LogP contribution in [0, 0.1) is 0 Å². The molecule has 5 nitrogen and oxygen atoms in total. The van der Waals surface area contributed by atoms with Crippen molar-refractivity contribution in [3.63, 3.8) is 0 Å². The Hall–Kier alpha value is -2.73. The van der Waals surface area contributed by atoms with Crippen LogP contribution in [0.3, 0.4) is 0 Å². The average Bonchev–Trinajstić information content (AvgIpc) is 3.15. The van der Waals surface area contributed by atoms with Crippen LogP contribution >= 0.6 is 11.3 Å². The maximum atomic E-state index is 4.60. The van der Waals surface area contributed by atoms with Gasteiger partial charge in [-0.1, -0.05) is 41.7 Å². The van der Waals surface area contributed by atoms with Crippen LogP contribution in [-0.4, -0.2) is 19.6 Å². The number of aromatic nitrogens is 4. The molecular weight excluding hydrogens is 294 g/mol. The van der Waals surface area contributed by atoms with Gasteiger partial charge in [-0.2, -0.15) is 0 Å². The van der Waals surface area contributed by atoms with Crippen molar-refractivity contribution in [3.05, 3.63) is 66.6 Å². The van der Waals surface area contributed by atoms with E-state index >= 15 is 0 Å². The van der Waals surface area contributed by atoms with E-state index in [4.69, 9.17) is 0 Å². The fourth-order valence-corrected chi connectivity index (χ4v) is 3.02. The molecule has 108 valence electrons. The second-order valence-electron chi connectivity index (χ2n) is 4.83. The van der Waals surface area contributed by atoms with Gasteiger partial charge >= 0.3 is 0 Å². The fraction of sp³-hybridized carbons (Fsp3) is 0.0625. The Balaban J connectivity index is 1.60. The summed E-state index contributed by atoms with van der Waals surface area (Å²) in [6, 6.07) is 14.2. The van der Waals surface area contributed by atoms with E-state index in [0.29, 0.717) is 0 Å². The summed E-state index contributed by atoms with van der Waals surface area (Å²) in [4.78, 5) is 9.44. The maximum Gasteiger partial charge on any atom is 0.214 e. The zero-order chi connectivity index (χ0) is 14.8. The SMILES string of the molecule is c1ccc(CNc2nn3c(-c4cccnc4)cnc3s2)cc1. The minimum atomic E-state index is 0.750. The lowest BCUT2D eigenvalue weighted by Gasteiger charge is -2.01. The van der Waals surface area contributed by atoms with Gasteiger partial charge in [-0.05, 0) is 17.7 Å². The van der Waals surface area contributed by atoms with Gasteiger partial charge in [0.05, 0.1) is 11.9 Å². The van der Waals surface area contributed by atoms with Crippen LogP contribution in [0.1, 0.15) is 5.56 Å². The number of hydrogen-bond donors (Lipinski definition) is 1. The standard InChI is InChI=1S/C16H13N5S/c1-2-5-12(6-3-1)9-18-15-20-21-14(11-19-16(21)22-15)13-7-4-8-17-10-13/h1-8,10-11H,9H2,(H,18,20). The molecule has 0 fully saturated rings. The van der Waals surface area contributed by atoms with E-state index in [1.165, 1.54) is 5.56 Å². The minimum absolute atomic E-state index is 0.750. The largest absolute Gasteiger partial charge is 0.356 e. The second-order valence-corrected chi connectivity index (χ2v) is 5.78. The first-order valence-electron chi connectivity index (χ1n) is 6.93. The van der Waals surface area contributed by atoms with E-state index in [0.717, 1.165) is 27.9 Å². The van der Waals surface area contributed by atoms with Gasteiger partial charge in [0.25, 0.3) is 0 Å². The normalized spacial score (nSPS) is 10.9. The summed E-state index contributed by atoms with van der Waals surface area (Å²) in [5.41, 5.74) is 3.19. The number of pyridine rings is 1. The third kappa shape index (κ3) is 2.44. The van der Waals surface area contributed by atoms with Crippen LogP contribution in [0.15, 0.2) is 61.1 Å². The number of fused-ring (bicyclic) bond motifs is 1. The number of hydrogen-bond acceptors (Lipinski definition) is 5. The first-order chi connectivity index (χ1) is 10.9. The molecule has 22 heavy (non-hydrogen) atoms. The van der Waals surface area contributed by atoms with Crippen molar-refractivity contribution in [1.29, 1.82) is 0 Å². The predicted octanol–water partition coefficient (Wildman–Crippen LogP) is 3.46. The molecule has 0 aliphatic rings. The number of benzene rings is 1. The number of rotatable bonds is 4. The van der Waals surface area contributed by atoms with Crippen molar-refractivity contribution in [2.45, 2.75) is 6.54 Å².